The number of rotatable bonds is 13. The highest BCUT2D eigenvalue weighted by Crippen LogP contribution is 2.23. The van der Waals surface area contributed by atoms with Crippen molar-refractivity contribution in [3.05, 3.63) is 40.2 Å². The van der Waals surface area contributed by atoms with Crippen LogP contribution in [0.15, 0.2) is 17.0 Å². The number of carboxylic acid groups (broad SMARTS) is 1. The number of hydrogen-bond donors (Lipinski definition) is 6. The molecule has 12 nitrogen and oxygen atoms in total. The van der Waals surface area contributed by atoms with Crippen molar-refractivity contribution in [3.63, 3.8) is 0 Å². The third kappa shape index (κ3) is 7.59. The van der Waals surface area contributed by atoms with Gasteiger partial charge in [0.15, 0.2) is 6.10 Å². The molecule has 1 amide bonds. The molecule has 0 bridgehead atoms. The first-order valence-corrected chi connectivity index (χ1v) is 15.4. The number of carbonyl (C=O) groups excluding carboxylic acids is 1. The van der Waals surface area contributed by atoms with Crippen LogP contribution in [-0.2, 0) is 37.3 Å². The van der Waals surface area contributed by atoms with Gasteiger partial charge in [-0.3, -0.25) is 14.4 Å². The number of carboxylic acids is 1. The second-order valence-electron chi connectivity index (χ2n) is 10.8. The number of aryl methyl sites for hydroxylation is 5. The zero-order chi connectivity index (χ0) is 28.9. The zero-order valence-electron chi connectivity index (χ0n) is 23.3. The molecular weight excluding hydrogens is 536 g/mol. The van der Waals surface area contributed by atoms with Gasteiger partial charge in [-0.05, 0) is 70.4 Å². The first kappa shape index (κ1) is 30.0. The number of H-pyrrole nitrogens is 1. The second-order valence-corrected chi connectivity index (χ2v) is 12.4. The minimum Gasteiger partial charge on any atom is -0.480 e. The van der Waals surface area contributed by atoms with Crippen LogP contribution < -0.4 is 20.8 Å². The number of benzene rings is 1. The first-order chi connectivity index (χ1) is 19.0. The number of nitrogens with zero attached hydrogens (tertiary/aromatic N) is 1. The van der Waals surface area contributed by atoms with Crippen molar-refractivity contribution in [2.75, 3.05) is 18.4 Å². The predicted octanol–water partition coefficient (Wildman–Crippen LogP) is 2.01. The summed E-state index contributed by atoms with van der Waals surface area (Å²) in [7, 11) is -4.13. The highest BCUT2D eigenvalue weighted by molar-refractivity contribution is 7.89. The summed E-state index contributed by atoms with van der Waals surface area (Å²) in [5, 5.41) is 15.5. The number of sulfonamides is 1. The third-order valence-electron chi connectivity index (χ3n) is 7.34. The number of aliphatic carboxylic acids is 1. The second kappa shape index (κ2) is 13.1. The Bertz CT molecular complexity index is 1280. The molecule has 1 aliphatic heterocycles. The maximum absolute atomic E-state index is 13.0. The van der Waals surface area contributed by atoms with Gasteiger partial charge in [-0.25, -0.2) is 13.4 Å². The van der Waals surface area contributed by atoms with E-state index in [1.54, 1.807) is 26.0 Å². The van der Waals surface area contributed by atoms with E-state index < -0.39 is 40.6 Å². The van der Waals surface area contributed by atoms with Crippen LogP contribution in [0.2, 0.25) is 0 Å². The Morgan fingerprint density at radius 2 is 1.88 bits per heavy atom. The van der Waals surface area contributed by atoms with Gasteiger partial charge < -0.3 is 20.7 Å². The summed E-state index contributed by atoms with van der Waals surface area (Å²) in [4.78, 5) is 37.9. The summed E-state index contributed by atoms with van der Waals surface area (Å²) in [5.41, 5.74) is 7.25. The van der Waals surface area contributed by atoms with Crippen molar-refractivity contribution in [1.29, 1.82) is 0 Å². The number of unbranched alkanes of at least 4 members (excludes halogenated alkanes) is 1. The number of hydroxylamine groups is 1. The summed E-state index contributed by atoms with van der Waals surface area (Å²) < 4.78 is 28.2. The SMILES string of the molecule is Cc1cc(C)c(S(=O)(=O)NC(CNC(=O)C2CC(CCCCNc3nc4c([nH]3)CCCC4)NO2)C(=O)O)c(C)c1. The molecule has 2 heterocycles. The Kier molecular flexibility index (Phi) is 9.82. The Morgan fingerprint density at radius 3 is 2.58 bits per heavy atom. The number of aromatic amines is 1. The largest absolute Gasteiger partial charge is 0.480 e. The van der Waals surface area contributed by atoms with Gasteiger partial charge in [0.1, 0.15) is 6.04 Å². The fraction of sp³-hybridized carbons (Fsp3) is 0.593. The Balaban J connectivity index is 1.18. The lowest BCUT2D eigenvalue weighted by Gasteiger charge is -2.19. The van der Waals surface area contributed by atoms with Gasteiger partial charge in [0.05, 0.1) is 10.6 Å². The summed E-state index contributed by atoms with van der Waals surface area (Å²) in [6.45, 7) is 5.56. The molecular formula is C27H40N6O6S. The molecule has 0 saturated carbocycles. The number of hydrogen-bond acceptors (Lipinski definition) is 8. The van der Waals surface area contributed by atoms with Gasteiger partial charge in [0.25, 0.3) is 5.91 Å². The van der Waals surface area contributed by atoms with Gasteiger partial charge in [-0.1, -0.05) is 24.1 Å². The minimum atomic E-state index is -4.13. The number of imidazole rings is 1. The molecule has 40 heavy (non-hydrogen) atoms. The van der Waals surface area contributed by atoms with Crippen LogP contribution in [0.1, 0.15) is 66.6 Å². The molecule has 2 aromatic rings. The van der Waals surface area contributed by atoms with E-state index in [9.17, 15) is 23.1 Å². The summed E-state index contributed by atoms with van der Waals surface area (Å²) in [6, 6.07) is 1.91. The fourth-order valence-corrected chi connectivity index (χ4v) is 7.10. The minimum absolute atomic E-state index is 0.00654. The lowest BCUT2D eigenvalue weighted by atomic mass is 10.0. The molecule has 1 fully saturated rings. The summed E-state index contributed by atoms with van der Waals surface area (Å²) in [6.07, 6.45) is 6.81. The molecule has 220 valence electrons. The molecule has 3 unspecified atom stereocenters. The average molecular weight is 577 g/mol. The van der Waals surface area contributed by atoms with Gasteiger partial charge in [0.2, 0.25) is 16.0 Å². The van der Waals surface area contributed by atoms with E-state index in [0.717, 1.165) is 50.2 Å². The standard InChI is InChI=1S/C27H40N6O6S/c1-16-12-17(2)24(18(3)13-16)40(37,38)33-22(26(35)36)15-29-25(34)23-14-19(32-39-23)8-6-7-11-28-27-30-20-9-4-5-10-21(20)31-27/h12-13,19,22-23,32-33H,4-11,14-15H2,1-3H3,(H,29,34)(H,35,36)(H2,28,30,31). The van der Waals surface area contributed by atoms with E-state index in [-0.39, 0.29) is 10.9 Å². The van der Waals surface area contributed by atoms with Crippen molar-refractivity contribution in [3.8, 4) is 0 Å². The number of aromatic nitrogens is 2. The fourth-order valence-electron chi connectivity index (χ4n) is 5.46. The van der Waals surface area contributed by atoms with Crippen molar-refractivity contribution < 1.29 is 28.0 Å². The van der Waals surface area contributed by atoms with Crippen LogP contribution >= 0.6 is 0 Å². The molecule has 1 aromatic carbocycles. The predicted molar refractivity (Wildman–Crippen MR) is 149 cm³/mol. The zero-order valence-corrected chi connectivity index (χ0v) is 24.1. The van der Waals surface area contributed by atoms with Crippen LogP contribution in [0.25, 0.3) is 0 Å². The van der Waals surface area contributed by atoms with E-state index in [4.69, 9.17) is 4.84 Å². The number of nitrogens with one attached hydrogen (secondary N) is 5. The molecule has 2 aliphatic rings. The molecule has 1 aliphatic carbocycles. The normalized spacial score (nSPS) is 19.7. The van der Waals surface area contributed by atoms with Crippen LogP contribution in [-0.4, -0.2) is 66.6 Å². The maximum atomic E-state index is 13.0. The van der Waals surface area contributed by atoms with Crippen LogP contribution in [0.3, 0.4) is 0 Å². The monoisotopic (exact) mass is 576 g/mol. The Morgan fingerprint density at radius 1 is 1.15 bits per heavy atom. The number of anilines is 1. The molecule has 4 rings (SSSR count). The molecule has 0 radical (unpaired) electrons. The van der Waals surface area contributed by atoms with Gasteiger partial charge in [-0.15, -0.1) is 0 Å². The summed E-state index contributed by atoms with van der Waals surface area (Å²) in [5.74, 6) is -1.05. The maximum Gasteiger partial charge on any atom is 0.323 e. The Hall–Kier alpha value is -3.00. The van der Waals surface area contributed by atoms with E-state index in [2.05, 4.69) is 30.8 Å². The number of carbonyl (C=O) groups is 2. The lowest BCUT2D eigenvalue weighted by molar-refractivity contribution is -0.139. The lowest BCUT2D eigenvalue weighted by Crippen LogP contribution is -2.50. The summed E-state index contributed by atoms with van der Waals surface area (Å²) >= 11 is 0. The molecule has 1 aromatic heterocycles. The number of fused-ring (bicyclic) bond motifs is 1. The van der Waals surface area contributed by atoms with Crippen LogP contribution in [0.4, 0.5) is 5.95 Å². The topological polar surface area (TPSA) is 175 Å². The van der Waals surface area contributed by atoms with E-state index in [1.165, 1.54) is 24.2 Å². The van der Waals surface area contributed by atoms with E-state index in [0.29, 0.717) is 17.5 Å². The number of amides is 1. The van der Waals surface area contributed by atoms with Crippen molar-refractivity contribution >= 4 is 27.8 Å². The van der Waals surface area contributed by atoms with E-state index in [1.807, 2.05) is 6.92 Å². The quantitative estimate of drug-likeness (QED) is 0.195. The van der Waals surface area contributed by atoms with Crippen molar-refractivity contribution in [1.82, 2.24) is 25.5 Å². The highest BCUT2D eigenvalue weighted by atomic mass is 32.2. The average Bonchev–Trinajstić information content (AvgIpc) is 3.52. The first-order valence-electron chi connectivity index (χ1n) is 13.9. The Labute approximate surface area is 235 Å². The molecule has 3 atom stereocenters. The molecule has 6 N–H and O–H groups in total. The van der Waals surface area contributed by atoms with Crippen molar-refractivity contribution in [2.24, 2.45) is 0 Å². The van der Waals surface area contributed by atoms with Crippen LogP contribution in [0, 0.1) is 20.8 Å². The van der Waals surface area contributed by atoms with E-state index >= 15 is 0 Å². The molecule has 1 saturated heterocycles. The van der Waals surface area contributed by atoms with Crippen molar-refractivity contribution in [2.45, 2.75) is 95.2 Å². The van der Waals surface area contributed by atoms with Gasteiger partial charge in [0, 0.05) is 31.2 Å². The smallest absolute Gasteiger partial charge is 0.323 e. The van der Waals surface area contributed by atoms with Gasteiger partial charge in [-0.2, -0.15) is 10.2 Å². The molecule has 13 heteroatoms. The third-order valence-corrected chi connectivity index (χ3v) is 9.12. The van der Waals surface area contributed by atoms with Gasteiger partial charge >= 0.3 is 5.97 Å². The van der Waals surface area contributed by atoms with Crippen LogP contribution in [0.5, 0.6) is 0 Å². The highest BCUT2D eigenvalue weighted by Gasteiger charge is 2.33. The molecule has 0 spiro atoms.